The highest BCUT2D eigenvalue weighted by molar-refractivity contribution is 7.17. The first-order valence-electron chi connectivity index (χ1n) is 9.60. The molecule has 0 bridgehead atoms. The van der Waals surface area contributed by atoms with Gasteiger partial charge in [0.25, 0.3) is 0 Å². The SMILES string of the molecule is CCNc1ccc(C(=O)C2CCCc3nc(NC(=O)CCOC)sc3C2=O)cn1. The summed E-state index contributed by atoms with van der Waals surface area (Å²) in [6.07, 6.45) is 3.48. The molecule has 0 aromatic carbocycles. The van der Waals surface area contributed by atoms with E-state index in [4.69, 9.17) is 4.74 Å². The van der Waals surface area contributed by atoms with Gasteiger partial charge in [0.1, 0.15) is 5.82 Å². The molecule has 3 rings (SSSR count). The highest BCUT2D eigenvalue weighted by Gasteiger charge is 2.34. The van der Waals surface area contributed by atoms with E-state index in [2.05, 4.69) is 20.6 Å². The zero-order valence-corrected chi connectivity index (χ0v) is 17.3. The minimum atomic E-state index is -0.750. The fraction of sp³-hybridized carbons (Fsp3) is 0.450. The molecule has 1 atom stereocenters. The number of fused-ring (bicyclic) bond motifs is 1. The van der Waals surface area contributed by atoms with Crippen LogP contribution in [0.15, 0.2) is 18.3 Å². The number of hydrogen-bond donors (Lipinski definition) is 2. The molecule has 0 fully saturated rings. The molecule has 2 N–H and O–H groups in total. The summed E-state index contributed by atoms with van der Waals surface area (Å²) < 4.78 is 4.89. The maximum Gasteiger partial charge on any atom is 0.228 e. The van der Waals surface area contributed by atoms with Gasteiger partial charge < -0.3 is 15.4 Å². The molecule has 0 saturated heterocycles. The Kier molecular flexibility index (Phi) is 7.05. The van der Waals surface area contributed by atoms with Crippen molar-refractivity contribution in [2.75, 3.05) is 30.9 Å². The third-order valence-electron chi connectivity index (χ3n) is 4.65. The summed E-state index contributed by atoms with van der Waals surface area (Å²) in [6, 6.07) is 3.43. The molecule has 0 saturated carbocycles. The summed E-state index contributed by atoms with van der Waals surface area (Å²) in [5.74, 6) is -0.733. The summed E-state index contributed by atoms with van der Waals surface area (Å²) in [4.78, 5) is 47.0. The Labute approximate surface area is 173 Å². The normalized spacial score (nSPS) is 16.1. The number of hydrogen-bond acceptors (Lipinski definition) is 8. The molecule has 0 spiro atoms. The van der Waals surface area contributed by atoms with Crippen molar-refractivity contribution in [3.63, 3.8) is 0 Å². The number of rotatable bonds is 8. The van der Waals surface area contributed by atoms with Crippen molar-refractivity contribution in [3.05, 3.63) is 34.5 Å². The van der Waals surface area contributed by atoms with E-state index in [1.165, 1.54) is 13.3 Å². The van der Waals surface area contributed by atoms with E-state index in [9.17, 15) is 14.4 Å². The summed E-state index contributed by atoms with van der Waals surface area (Å²) in [5.41, 5.74) is 1.07. The number of pyridine rings is 1. The quantitative estimate of drug-likeness (QED) is 0.387. The molecule has 1 amide bonds. The number of thiazole rings is 1. The Morgan fingerprint density at radius 2 is 2.17 bits per heavy atom. The minimum absolute atomic E-state index is 0.214. The molecule has 8 nitrogen and oxygen atoms in total. The number of anilines is 2. The third kappa shape index (κ3) is 5.04. The first kappa shape index (κ1) is 21.1. The first-order chi connectivity index (χ1) is 14.0. The van der Waals surface area contributed by atoms with Gasteiger partial charge in [-0.3, -0.25) is 14.4 Å². The third-order valence-corrected chi connectivity index (χ3v) is 5.67. The number of Topliss-reactive ketones (excluding diaryl/α,β-unsaturated/α-hetero) is 2. The van der Waals surface area contributed by atoms with Gasteiger partial charge in [-0.1, -0.05) is 11.3 Å². The second-order valence-electron chi connectivity index (χ2n) is 6.72. The Hall–Kier alpha value is -2.65. The minimum Gasteiger partial charge on any atom is -0.384 e. The van der Waals surface area contributed by atoms with E-state index in [0.29, 0.717) is 53.0 Å². The molecule has 9 heteroatoms. The largest absolute Gasteiger partial charge is 0.384 e. The molecule has 1 aliphatic carbocycles. The van der Waals surface area contributed by atoms with Crippen LogP contribution < -0.4 is 10.6 Å². The van der Waals surface area contributed by atoms with Gasteiger partial charge in [0.15, 0.2) is 16.7 Å². The Morgan fingerprint density at radius 1 is 1.34 bits per heavy atom. The molecule has 0 aliphatic heterocycles. The Morgan fingerprint density at radius 3 is 2.86 bits per heavy atom. The van der Waals surface area contributed by atoms with Crippen LogP contribution >= 0.6 is 11.3 Å². The zero-order chi connectivity index (χ0) is 20.8. The van der Waals surface area contributed by atoms with Crippen LogP contribution in [0, 0.1) is 5.92 Å². The fourth-order valence-corrected chi connectivity index (χ4v) is 4.21. The zero-order valence-electron chi connectivity index (χ0n) is 16.5. The van der Waals surface area contributed by atoms with Crippen molar-refractivity contribution < 1.29 is 19.1 Å². The van der Waals surface area contributed by atoms with E-state index in [1.54, 1.807) is 12.1 Å². The van der Waals surface area contributed by atoms with Crippen LogP contribution in [0.4, 0.5) is 10.9 Å². The van der Waals surface area contributed by atoms with Gasteiger partial charge in [0, 0.05) is 25.4 Å². The van der Waals surface area contributed by atoms with Crippen LogP contribution in [0.1, 0.15) is 51.9 Å². The Bertz CT molecular complexity index is 894. The molecule has 1 unspecified atom stereocenters. The van der Waals surface area contributed by atoms with Gasteiger partial charge in [-0.25, -0.2) is 9.97 Å². The van der Waals surface area contributed by atoms with Crippen molar-refractivity contribution in [3.8, 4) is 0 Å². The van der Waals surface area contributed by atoms with Crippen LogP contribution in [0.5, 0.6) is 0 Å². The van der Waals surface area contributed by atoms with Crippen LogP contribution in [-0.4, -0.2) is 47.7 Å². The van der Waals surface area contributed by atoms with E-state index in [1.807, 2.05) is 6.92 Å². The molecule has 29 heavy (non-hydrogen) atoms. The standard InChI is InChI=1S/C20H24N4O4S/c1-3-21-15-8-7-12(11-22-15)17(26)13-5-4-6-14-19(18(13)27)29-20(23-14)24-16(25)9-10-28-2/h7-8,11,13H,3-6,9-10H2,1-2H3,(H,21,22)(H,23,24,25). The molecule has 1 aliphatic rings. The Balaban J connectivity index is 1.75. The second-order valence-corrected chi connectivity index (χ2v) is 7.72. The lowest BCUT2D eigenvalue weighted by Gasteiger charge is -2.12. The number of methoxy groups -OCH3 is 1. The molecule has 2 aromatic heterocycles. The molecule has 2 heterocycles. The smallest absolute Gasteiger partial charge is 0.228 e. The van der Waals surface area contributed by atoms with Crippen molar-refractivity contribution in [2.45, 2.75) is 32.6 Å². The number of aromatic nitrogens is 2. The second kappa shape index (κ2) is 9.71. The first-order valence-corrected chi connectivity index (χ1v) is 10.4. The average Bonchev–Trinajstić information content (AvgIpc) is 3.05. The highest BCUT2D eigenvalue weighted by Crippen LogP contribution is 2.33. The van der Waals surface area contributed by atoms with Gasteiger partial charge >= 0.3 is 0 Å². The molecule has 0 radical (unpaired) electrons. The molecule has 154 valence electrons. The number of amides is 1. The maximum atomic E-state index is 13.1. The molecular weight excluding hydrogens is 392 g/mol. The van der Waals surface area contributed by atoms with Gasteiger partial charge in [0.2, 0.25) is 5.91 Å². The van der Waals surface area contributed by atoms with Crippen molar-refractivity contribution in [1.82, 2.24) is 9.97 Å². The van der Waals surface area contributed by atoms with Gasteiger partial charge in [-0.05, 0) is 38.3 Å². The lowest BCUT2D eigenvalue weighted by Crippen LogP contribution is -2.23. The average molecular weight is 417 g/mol. The summed E-state index contributed by atoms with van der Waals surface area (Å²) in [5, 5.41) is 6.16. The van der Waals surface area contributed by atoms with Crippen molar-refractivity contribution >= 4 is 39.8 Å². The van der Waals surface area contributed by atoms with E-state index < -0.39 is 5.92 Å². The summed E-state index contributed by atoms with van der Waals surface area (Å²) in [6.45, 7) is 3.01. The summed E-state index contributed by atoms with van der Waals surface area (Å²) >= 11 is 1.13. The number of aryl methyl sites for hydroxylation is 1. The van der Waals surface area contributed by atoms with Crippen molar-refractivity contribution in [1.29, 1.82) is 0 Å². The predicted octanol–water partition coefficient (Wildman–Crippen LogP) is 2.96. The lowest BCUT2D eigenvalue weighted by atomic mass is 9.91. The lowest BCUT2D eigenvalue weighted by molar-refractivity contribution is -0.117. The van der Waals surface area contributed by atoms with Crippen LogP contribution in [-0.2, 0) is 16.0 Å². The predicted molar refractivity (Wildman–Crippen MR) is 111 cm³/mol. The number of carbonyl (C=O) groups excluding carboxylic acids is 3. The number of ether oxygens (including phenoxy) is 1. The van der Waals surface area contributed by atoms with Crippen LogP contribution in [0.2, 0.25) is 0 Å². The van der Waals surface area contributed by atoms with Crippen LogP contribution in [0.3, 0.4) is 0 Å². The highest BCUT2D eigenvalue weighted by atomic mass is 32.1. The number of carbonyl (C=O) groups is 3. The van der Waals surface area contributed by atoms with Gasteiger partial charge in [-0.2, -0.15) is 0 Å². The molecule has 2 aromatic rings. The van der Waals surface area contributed by atoms with E-state index in [0.717, 1.165) is 17.9 Å². The van der Waals surface area contributed by atoms with Gasteiger partial charge in [0.05, 0.1) is 29.5 Å². The topological polar surface area (TPSA) is 110 Å². The van der Waals surface area contributed by atoms with Crippen LogP contribution in [0.25, 0.3) is 0 Å². The number of nitrogens with zero attached hydrogens (tertiary/aromatic N) is 2. The monoisotopic (exact) mass is 416 g/mol. The van der Waals surface area contributed by atoms with Crippen molar-refractivity contribution in [2.24, 2.45) is 5.92 Å². The van der Waals surface area contributed by atoms with E-state index in [-0.39, 0.29) is 23.9 Å². The maximum absolute atomic E-state index is 13.1. The van der Waals surface area contributed by atoms with Gasteiger partial charge in [-0.15, -0.1) is 0 Å². The molecular formula is C20H24N4O4S. The number of ketones is 2. The fourth-order valence-electron chi connectivity index (χ4n) is 3.18. The summed E-state index contributed by atoms with van der Waals surface area (Å²) in [7, 11) is 1.53. The number of nitrogens with one attached hydrogen (secondary N) is 2. The van der Waals surface area contributed by atoms with E-state index >= 15 is 0 Å².